The van der Waals surface area contributed by atoms with Crippen LogP contribution in [0.25, 0.3) is 0 Å². The van der Waals surface area contributed by atoms with Gasteiger partial charge in [-0.05, 0) is 38.1 Å². The smallest absolute Gasteiger partial charge is 0.257 e. The lowest BCUT2D eigenvalue weighted by Gasteiger charge is -2.15. The number of nitrogen functional groups attached to an aromatic ring is 1. The molecule has 2 aromatic carbocycles. The molecule has 5 heteroatoms. The van der Waals surface area contributed by atoms with Crippen LogP contribution >= 0.6 is 11.6 Å². The molecule has 0 radical (unpaired) electrons. The molecule has 0 spiro atoms. The number of rotatable bonds is 4. The third kappa shape index (κ3) is 3.67. The molecule has 0 atom stereocenters. The molecular formula is C16H17ClN2O2. The summed E-state index contributed by atoms with van der Waals surface area (Å²) in [5, 5.41) is 3.15. The van der Waals surface area contributed by atoms with Crippen LogP contribution in [0.15, 0.2) is 42.5 Å². The maximum atomic E-state index is 12.3. The molecule has 0 aliphatic carbocycles. The summed E-state index contributed by atoms with van der Waals surface area (Å²) in [6.07, 6.45) is 0.0132. The van der Waals surface area contributed by atoms with Crippen LogP contribution < -0.4 is 15.8 Å². The second-order valence-corrected chi connectivity index (χ2v) is 5.23. The van der Waals surface area contributed by atoms with Crippen LogP contribution in [0.4, 0.5) is 11.4 Å². The van der Waals surface area contributed by atoms with Gasteiger partial charge in [-0.3, -0.25) is 4.79 Å². The Bertz CT molecular complexity index is 656. The molecule has 0 aliphatic rings. The Morgan fingerprint density at radius 1 is 1.19 bits per heavy atom. The van der Waals surface area contributed by atoms with E-state index in [9.17, 15) is 4.79 Å². The Hall–Kier alpha value is -2.20. The zero-order valence-corrected chi connectivity index (χ0v) is 12.6. The zero-order chi connectivity index (χ0) is 15.4. The van der Waals surface area contributed by atoms with E-state index in [1.165, 1.54) is 0 Å². The predicted octanol–water partition coefficient (Wildman–Crippen LogP) is 3.96. The van der Waals surface area contributed by atoms with E-state index in [-0.39, 0.29) is 17.7 Å². The fourth-order valence-corrected chi connectivity index (χ4v) is 2.03. The van der Waals surface area contributed by atoms with Crippen LogP contribution in [0.5, 0.6) is 5.75 Å². The van der Waals surface area contributed by atoms with Crippen molar-refractivity contribution in [3.63, 3.8) is 0 Å². The molecule has 3 N–H and O–H groups in total. The van der Waals surface area contributed by atoms with Gasteiger partial charge in [-0.2, -0.15) is 0 Å². The lowest BCUT2D eigenvalue weighted by molar-refractivity contribution is 0.102. The van der Waals surface area contributed by atoms with Crippen LogP contribution in [0.2, 0.25) is 5.02 Å². The average Bonchev–Trinajstić information content (AvgIpc) is 2.43. The zero-order valence-electron chi connectivity index (χ0n) is 11.9. The quantitative estimate of drug-likeness (QED) is 0.840. The van der Waals surface area contributed by atoms with Crippen molar-refractivity contribution < 1.29 is 9.53 Å². The van der Waals surface area contributed by atoms with Crippen LogP contribution in [-0.2, 0) is 0 Å². The molecule has 0 aliphatic heterocycles. The summed E-state index contributed by atoms with van der Waals surface area (Å²) in [5.74, 6) is 0.288. The Kier molecular flexibility index (Phi) is 4.70. The summed E-state index contributed by atoms with van der Waals surface area (Å²) in [6.45, 7) is 3.85. The highest BCUT2D eigenvalue weighted by molar-refractivity contribution is 6.34. The molecule has 0 bridgehead atoms. The average molecular weight is 305 g/mol. The van der Waals surface area contributed by atoms with Crippen LogP contribution in [-0.4, -0.2) is 12.0 Å². The van der Waals surface area contributed by atoms with Crippen LogP contribution in [0.3, 0.4) is 0 Å². The first-order valence-corrected chi connectivity index (χ1v) is 6.98. The standard InChI is InChI=1S/C16H17ClN2O2/c1-10(2)21-14-9-4-3-8-13(14)19-16(20)11-6-5-7-12(17)15(11)18/h3-10H,18H2,1-2H3,(H,19,20). The Balaban J connectivity index is 2.26. The molecule has 21 heavy (non-hydrogen) atoms. The summed E-state index contributed by atoms with van der Waals surface area (Å²) in [7, 11) is 0. The summed E-state index contributed by atoms with van der Waals surface area (Å²) >= 11 is 5.93. The van der Waals surface area contributed by atoms with Gasteiger partial charge in [0.05, 0.1) is 28.1 Å². The highest BCUT2D eigenvalue weighted by Crippen LogP contribution is 2.27. The molecule has 4 nitrogen and oxygen atoms in total. The minimum atomic E-state index is -0.324. The number of ether oxygens (including phenoxy) is 1. The van der Waals surface area contributed by atoms with Gasteiger partial charge in [0.1, 0.15) is 5.75 Å². The maximum Gasteiger partial charge on any atom is 0.257 e. The van der Waals surface area contributed by atoms with Crippen LogP contribution in [0, 0.1) is 0 Å². The second-order valence-electron chi connectivity index (χ2n) is 4.82. The van der Waals surface area contributed by atoms with E-state index < -0.39 is 0 Å². The van der Waals surface area contributed by atoms with E-state index in [2.05, 4.69) is 5.32 Å². The second kappa shape index (κ2) is 6.50. The molecule has 0 heterocycles. The van der Waals surface area contributed by atoms with Crippen molar-refractivity contribution in [2.24, 2.45) is 0 Å². The summed E-state index contributed by atoms with van der Waals surface area (Å²) in [6, 6.07) is 12.2. The topological polar surface area (TPSA) is 64.3 Å². The largest absolute Gasteiger partial charge is 0.489 e. The minimum absolute atomic E-state index is 0.0132. The molecule has 0 unspecified atom stereocenters. The highest BCUT2D eigenvalue weighted by atomic mass is 35.5. The SMILES string of the molecule is CC(C)Oc1ccccc1NC(=O)c1cccc(Cl)c1N. The number of hydrogen-bond acceptors (Lipinski definition) is 3. The third-order valence-corrected chi connectivity index (χ3v) is 3.13. The van der Waals surface area contributed by atoms with Crippen molar-refractivity contribution in [1.82, 2.24) is 0 Å². The number of hydrogen-bond donors (Lipinski definition) is 2. The third-order valence-electron chi connectivity index (χ3n) is 2.80. The van der Waals surface area contributed by atoms with Gasteiger partial charge in [-0.1, -0.05) is 29.8 Å². The van der Waals surface area contributed by atoms with E-state index in [1.54, 1.807) is 30.3 Å². The number of nitrogens with two attached hydrogens (primary N) is 1. The highest BCUT2D eigenvalue weighted by Gasteiger charge is 2.14. The molecule has 0 fully saturated rings. The lowest BCUT2D eigenvalue weighted by Crippen LogP contribution is -2.16. The number of anilines is 2. The van der Waals surface area contributed by atoms with Gasteiger partial charge >= 0.3 is 0 Å². The fourth-order valence-electron chi connectivity index (χ4n) is 1.85. The van der Waals surface area contributed by atoms with Gasteiger partial charge in [-0.15, -0.1) is 0 Å². The number of halogens is 1. The molecule has 1 amide bonds. The van der Waals surface area contributed by atoms with Crippen molar-refractivity contribution in [2.75, 3.05) is 11.1 Å². The number of carbonyl (C=O) groups excluding carboxylic acids is 1. The minimum Gasteiger partial charge on any atom is -0.489 e. The Morgan fingerprint density at radius 3 is 2.62 bits per heavy atom. The first kappa shape index (κ1) is 15.2. The predicted molar refractivity (Wildman–Crippen MR) is 86.0 cm³/mol. The number of para-hydroxylation sites is 3. The molecule has 110 valence electrons. The number of nitrogens with one attached hydrogen (secondary N) is 1. The first-order valence-electron chi connectivity index (χ1n) is 6.60. The van der Waals surface area contributed by atoms with Crippen molar-refractivity contribution >= 4 is 28.9 Å². The molecule has 2 rings (SSSR count). The van der Waals surface area contributed by atoms with Gasteiger partial charge in [0.15, 0.2) is 0 Å². The van der Waals surface area contributed by atoms with E-state index >= 15 is 0 Å². The van der Waals surface area contributed by atoms with E-state index in [0.29, 0.717) is 22.0 Å². The Labute approximate surface area is 128 Å². The van der Waals surface area contributed by atoms with E-state index in [4.69, 9.17) is 22.1 Å². The lowest BCUT2D eigenvalue weighted by atomic mass is 10.1. The fraction of sp³-hybridized carbons (Fsp3) is 0.188. The molecule has 0 saturated carbocycles. The van der Waals surface area contributed by atoms with E-state index in [1.807, 2.05) is 26.0 Å². The van der Waals surface area contributed by atoms with Gasteiger partial charge in [0.25, 0.3) is 5.91 Å². The van der Waals surface area contributed by atoms with Crippen molar-refractivity contribution in [3.8, 4) is 5.75 Å². The van der Waals surface area contributed by atoms with E-state index in [0.717, 1.165) is 0 Å². The monoisotopic (exact) mass is 304 g/mol. The van der Waals surface area contributed by atoms with Crippen molar-refractivity contribution in [1.29, 1.82) is 0 Å². The maximum absolute atomic E-state index is 12.3. The summed E-state index contributed by atoms with van der Waals surface area (Å²) < 4.78 is 5.66. The molecular weight excluding hydrogens is 288 g/mol. The van der Waals surface area contributed by atoms with Crippen LogP contribution in [0.1, 0.15) is 24.2 Å². The van der Waals surface area contributed by atoms with Gasteiger partial charge in [0, 0.05) is 0 Å². The van der Waals surface area contributed by atoms with Gasteiger partial charge in [-0.25, -0.2) is 0 Å². The Morgan fingerprint density at radius 2 is 1.90 bits per heavy atom. The number of carbonyl (C=O) groups is 1. The summed E-state index contributed by atoms with van der Waals surface area (Å²) in [5.41, 5.74) is 7.02. The first-order chi connectivity index (χ1) is 9.99. The van der Waals surface area contributed by atoms with Crippen molar-refractivity contribution in [2.45, 2.75) is 20.0 Å². The molecule has 2 aromatic rings. The molecule has 0 saturated heterocycles. The van der Waals surface area contributed by atoms with Crippen molar-refractivity contribution in [3.05, 3.63) is 53.1 Å². The number of benzene rings is 2. The van der Waals surface area contributed by atoms with Gasteiger partial charge < -0.3 is 15.8 Å². The molecule has 0 aromatic heterocycles. The van der Waals surface area contributed by atoms with Gasteiger partial charge in [0.2, 0.25) is 0 Å². The summed E-state index contributed by atoms with van der Waals surface area (Å²) in [4.78, 5) is 12.3. The normalized spacial score (nSPS) is 10.5. The number of amides is 1.